The van der Waals surface area contributed by atoms with Crippen molar-refractivity contribution >= 4 is 9.24 Å². The Morgan fingerprint density at radius 2 is 1.54 bits per heavy atom. The molecule has 2 rings (SSSR count). The molecule has 1 aliphatic rings. The molecule has 0 heterocycles. The number of hydrogen-bond acceptors (Lipinski definition) is 2. The number of benzene rings is 1. The van der Waals surface area contributed by atoms with Crippen LogP contribution >= 0.6 is 9.24 Å². The van der Waals surface area contributed by atoms with Crippen LogP contribution in [0.25, 0.3) is 0 Å². The molecule has 24 heavy (non-hydrogen) atoms. The SMILES string of the molecule is CC(C)C.CCOC(Oc1ccc(C(C)P)cc1)C1CCCCC1. The summed E-state index contributed by atoms with van der Waals surface area (Å²) in [7, 11) is 2.82. The van der Waals surface area contributed by atoms with Crippen molar-refractivity contribution in [3.63, 3.8) is 0 Å². The van der Waals surface area contributed by atoms with Crippen molar-refractivity contribution in [2.24, 2.45) is 11.8 Å². The summed E-state index contributed by atoms with van der Waals surface area (Å²) in [5.41, 5.74) is 1.79. The van der Waals surface area contributed by atoms with Crippen molar-refractivity contribution in [3.8, 4) is 5.75 Å². The molecule has 1 saturated carbocycles. The molecule has 3 atom stereocenters. The minimum absolute atomic E-state index is 0.0837. The van der Waals surface area contributed by atoms with E-state index in [4.69, 9.17) is 9.47 Å². The van der Waals surface area contributed by atoms with Gasteiger partial charge in [-0.05, 0) is 49.0 Å². The summed E-state index contributed by atoms with van der Waals surface area (Å²) in [6.45, 7) is 11.4. The summed E-state index contributed by atoms with van der Waals surface area (Å²) in [5.74, 6) is 2.30. The van der Waals surface area contributed by atoms with E-state index in [0.29, 0.717) is 18.2 Å². The zero-order chi connectivity index (χ0) is 17.9. The lowest BCUT2D eigenvalue weighted by atomic mass is 9.89. The molecule has 1 aromatic carbocycles. The van der Waals surface area contributed by atoms with Crippen molar-refractivity contribution in [2.75, 3.05) is 6.61 Å². The zero-order valence-electron chi connectivity index (χ0n) is 16.3. The second-order valence-corrected chi connectivity index (χ2v) is 8.43. The van der Waals surface area contributed by atoms with E-state index in [1.807, 2.05) is 6.92 Å². The van der Waals surface area contributed by atoms with Crippen LogP contribution < -0.4 is 4.74 Å². The first-order chi connectivity index (χ1) is 11.4. The molecule has 0 saturated heterocycles. The van der Waals surface area contributed by atoms with Gasteiger partial charge < -0.3 is 9.47 Å². The number of hydrogen-bond donors (Lipinski definition) is 0. The Labute approximate surface area is 151 Å². The minimum Gasteiger partial charge on any atom is -0.465 e. The summed E-state index contributed by atoms with van der Waals surface area (Å²) in [5, 5.41) is 0. The average Bonchev–Trinajstić information content (AvgIpc) is 2.55. The lowest BCUT2D eigenvalue weighted by Crippen LogP contribution is -2.31. The first-order valence-electron chi connectivity index (χ1n) is 9.57. The minimum atomic E-state index is -0.0837. The zero-order valence-corrected chi connectivity index (χ0v) is 17.4. The Bertz CT molecular complexity index is 419. The highest BCUT2D eigenvalue weighted by molar-refractivity contribution is 7.17. The van der Waals surface area contributed by atoms with Crippen molar-refractivity contribution in [1.82, 2.24) is 0 Å². The Balaban J connectivity index is 0.000000648. The van der Waals surface area contributed by atoms with Crippen LogP contribution in [-0.2, 0) is 4.74 Å². The van der Waals surface area contributed by atoms with E-state index in [-0.39, 0.29) is 6.29 Å². The molecular formula is C21H37O2P. The molecule has 0 bridgehead atoms. The summed E-state index contributed by atoms with van der Waals surface area (Å²) >= 11 is 0. The summed E-state index contributed by atoms with van der Waals surface area (Å²) in [6.07, 6.45) is 6.34. The molecule has 2 nitrogen and oxygen atoms in total. The van der Waals surface area contributed by atoms with Gasteiger partial charge in [-0.2, -0.15) is 0 Å². The molecule has 1 fully saturated rings. The monoisotopic (exact) mass is 352 g/mol. The van der Waals surface area contributed by atoms with Crippen molar-refractivity contribution < 1.29 is 9.47 Å². The maximum Gasteiger partial charge on any atom is 0.202 e. The molecule has 0 N–H and O–H groups in total. The molecule has 0 spiro atoms. The van der Waals surface area contributed by atoms with Crippen LogP contribution in [0.2, 0.25) is 0 Å². The third kappa shape index (κ3) is 8.49. The summed E-state index contributed by atoms with van der Waals surface area (Å²) < 4.78 is 11.9. The van der Waals surface area contributed by atoms with Crippen LogP contribution in [0.4, 0.5) is 0 Å². The highest BCUT2D eigenvalue weighted by atomic mass is 31.0. The predicted molar refractivity (Wildman–Crippen MR) is 108 cm³/mol. The lowest BCUT2D eigenvalue weighted by molar-refractivity contribution is -0.119. The van der Waals surface area contributed by atoms with E-state index in [1.54, 1.807) is 0 Å². The third-order valence-electron chi connectivity index (χ3n) is 4.02. The molecule has 138 valence electrons. The van der Waals surface area contributed by atoms with Crippen molar-refractivity contribution in [1.29, 1.82) is 0 Å². The second kappa shape index (κ2) is 11.9. The van der Waals surface area contributed by atoms with Crippen LogP contribution in [0.1, 0.15) is 77.9 Å². The van der Waals surface area contributed by atoms with Crippen LogP contribution in [0.3, 0.4) is 0 Å². The highest BCUT2D eigenvalue weighted by Gasteiger charge is 2.25. The standard InChI is InChI=1S/C17H27O2P.C4H10/c1-3-18-17(15-7-5-4-6-8-15)19-16-11-9-14(10-12-16)13(2)20;1-4(2)3/h9-13,15,17H,3-8,20H2,1-2H3;4H,1-3H3. The van der Waals surface area contributed by atoms with Gasteiger partial charge >= 0.3 is 0 Å². The summed E-state index contributed by atoms with van der Waals surface area (Å²) in [6, 6.07) is 8.39. The predicted octanol–water partition coefficient (Wildman–Crippen LogP) is 6.61. The van der Waals surface area contributed by atoms with E-state index in [1.165, 1.54) is 37.7 Å². The van der Waals surface area contributed by atoms with Crippen LogP contribution in [-0.4, -0.2) is 12.9 Å². The Morgan fingerprint density at radius 1 is 1.00 bits per heavy atom. The van der Waals surface area contributed by atoms with E-state index in [9.17, 15) is 0 Å². The Morgan fingerprint density at radius 3 is 2.00 bits per heavy atom. The lowest BCUT2D eigenvalue weighted by Gasteiger charge is -2.30. The normalized spacial score (nSPS) is 17.8. The van der Waals surface area contributed by atoms with Crippen LogP contribution in [0.15, 0.2) is 24.3 Å². The molecule has 0 aromatic heterocycles. The van der Waals surface area contributed by atoms with Gasteiger partial charge in [0.25, 0.3) is 0 Å². The van der Waals surface area contributed by atoms with E-state index >= 15 is 0 Å². The maximum absolute atomic E-state index is 6.10. The van der Waals surface area contributed by atoms with Gasteiger partial charge in [-0.3, -0.25) is 0 Å². The molecular weight excluding hydrogens is 315 g/mol. The fourth-order valence-corrected chi connectivity index (χ4v) is 3.04. The fraction of sp³-hybridized carbons (Fsp3) is 0.714. The van der Waals surface area contributed by atoms with Gasteiger partial charge in [-0.25, -0.2) is 0 Å². The van der Waals surface area contributed by atoms with Gasteiger partial charge in [0, 0.05) is 12.5 Å². The van der Waals surface area contributed by atoms with E-state index in [2.05, 4.69) is 61.2 Å². The highest BCUT2D eigenvalue weighted by Crippen LogP contribution is 2.30. The van der Waals surface area contributed by atoms with Gasteiger partial charge in [0.15, 0.2) is 0 Å². The van der Waals surface area contributed by atoms with Crippen LogP contribution in [0.5, 0.6) is 5.75 Å². The first kappa shape index (κ1) is 21.5. The fourth-order valence-electron chi connectivity index (χ4n) is 2.82. The van der Waals surface area contributed by atoms with E-state index < -0.39 is 0 Å². The third-order valence-corrected chi connectivity index (χ3v) is 4.41. The van der Waals surface area contributed by atoms with E-state index in [0.717, 1.165) is 11.7 Å². The van der Waals surface area contributed by atoms with Gasteiger partial charge in [0.2, 0.25) is 6.29 Å². The molecule has 1 aromatic rings. The second-order valence-electron chi connectivity index (χ2n) is 7.43. The molecule has 0 aliphatic heterocycles. The van der Waals surface area contributed by atoms with Gasteiger partial charge in [0.1, 0.15) is 5.75 Å². The van der Waals surface area contributed by atoms with Crippen molar-refractivity contribution in [2.45, 2.75) is 78.7 Å². The molecule has 3 heteroatoms. The molecule has 1 aliphatic carbocycles. The Kier molecular flexibility index (Phi) is 10.6. The molecule has 0 radical (unpaired) electrons. The quantitative estimate of drug-likeness (QED) is 0.424. The Hall–Kier alpha value is -0.590. The average molecular weight is 352 g/mol. The topological polar surface area (TPSA) is 18.5 Å². The molecule has 0 amide bonds. The van der Waals surface area contributed by atoms with Gasteiger partial charge in [-0.15, -0.1) is 9.24 Å². The van der Waals surface area contributed by atoms with Gasteiger partial charge in [0.05, 0.1) is 0 Å². The van der Waals surface area contributed by atoms with Crippen molar-refractivity contribution in [3.05, 3.63) is 29.8 Å². The maximum atomic E-state index is 6.10. The number of rotatable bonds is 6. The van der Waals surface area contributed by atoms with Crippen LogP contribution in [0, 0.1) is 11.8 Å². The largest absolute Gasteiger partial charge is 0.465 e. The first-order valence-corrected chi connectivity index (χ1v) is 10.2. The smallest absolute Gasteiger partial charge is 0.202 e. The summed E-state index contributed by atoms with van der Waals surface area (Å²) in [4.78, 5) is 0. The molecule has 3 unspecified atom stereocenters. The van der Waals surface area contributed by atoms with Gasteiger partial charge in [-0.1, -0.05) is 59.1 Å². The number of ether oxygens (including phenoxy) is 2.